The summed E-state index contributed by atoms with van der Waals surface area (Å²) in [5, 5.41) is 0. The SMILES string of the molecule is C=C/C=C(\C=C/CCC)OC. The molecular formula is C10H16O. The van der Waals surface area contributed by atoms with Crippen molar-refractivity contribution in [3.8, 4) is 0 Å². The third-order valence-electron chi connectivity index (χ3n) is 1.26. The Labute approximate surface area is 69.1 Å². The summed E-state index contributed by atoms with van der Waals surface area (Å²) in [4.78, 5) is 0. The summed E-state index contributed by atoms with van der Waals surface area (Å²) in [7, 11) is 1.66. The van der Waals surface area contributed by atoms with E-state index in [-0.39, 0.29) is 0 Å². The van der Waals surface area contributed by atoms with Gasteiger partial charge in [-0.05, 0) is 18.6 Å². The van der Waals surface area contributed by atoms with E-state index in [1.165, 1.54) is 6.42 Å². The summed E-state index contributed by atoms with van der Waals surface area (Å²) in [5.74, 6) is 0.855. The highest BCUT2D eigenvalue weighted by atomic mass is 16.5. The molecule has 0 aromatic rings. The molecule has 0 saturated heterocycles. The van der Waals surface area contributed by atoms with Crippen molar-refractivity contribution in [1.29, 1.82) is 0 Å². The smallest absolute Gasteiger partial charge is 0.118 e. The third-order valence-corrected chi connectivity index (χ3v) is 1.26. The monoisotopic (exact) mass is 152 g/mol. The van der Waals surface area contributed by atoms with Gasteiger partial charge in [-0.15, -0.1) is 0 Å². The molecule has 0 unspecified atom stereocenters. The van der Waals surface area contributed by atoms with E-state index < -0.39 is 0 Å². The first-order valence-electron chi connectivity index (χ1n) is 3.88. The molecule has 0 heterocycles. The minimum absolute atomic E-state index is 0.855. The van der Waals surface area contributed by atoms with Gasteiger partial charge in [0, 0.05) is 0 Å². The highest BCUT2D eigenvalue weighted by Gasteiger charge is 1.83. The highest BCUT2D eigenvalue weighted by molar-refractivity contribution is 5.16. The van der Waals surface area contributed by atoms with E-state index in [9.17, 15) is 0 Å². The van der Waals surface area contributed by atoms with Crippen LogP contribution >= 0.6 is 0 Å². The quantitative estimate of drug-likeness (QED) is 0.434. The van der Waals surface area contributed by atoms with Crippen LogP contribution in [0.15, 0.2) is 36.6 Å². The van der Waals surface area contributed by atoms with Gasteiger partial charge in [0.05, 0.1) is 7.11 Å². The van der Waals surface area contributed by atoms with Crippen molar-refractivity contribution < 1.29 is 4.74 Å². The second kappa shape index (κ2) is 7.13. The van der Waals surface area contributed by atoms with Gasteiger partial charge < -0.3 is 4.74 Å². The van der Waals surface area contributed by atoms with Crippen molar-refractivity contribution in [2.45, 2.75) is 19.8 Å². The molecule has 0 spiro atoms. The summed E-state index contributed by atoms with van der Waals surface area (Å²) in [5.41, 5.74) is 0. The number of hydrogen-bond acceptors (Lipinski definition) is 1. The second-order valence-corrected chi connectivity index (χ2v) is 2.20. The average Bonchev–Trinajstić information content (AvgIpc) is 2.03. The van der Waals surface area contributed by atoms with Gasteiger partial charge in [0.1, 0.15) is 5.76 Å². The fraction of sp³-hybridized carbons (Fsp3) is 0.400. The fourth-order valence-electron chi connectivity index (χ4n) is 0.674. The summed E-state index contributed by atoms with van der Waals surface area (Å²) in [6, 6.07) is 0. The highest BCUT2D eigenvalue weighted by Crippen LogP contribution is 1.99. The van der Waals surface area contributed by atoms with Crippen LogP contribution in [-0.4, -0.2) is 7.11 Å². The number of hydrogen-bond donors (Lipinski definition) is 0. The molecule has 1 heteroatoms. The normalized spacial score (nSPS) is 12.0. The van der Waals surface area contributed by atoms with E-state index in [1.54, 1.807) is 13.2 Å². The predicted octanol–water partition coefficient (Wildman–Crippen LogP) is 3.06. The summed E-state index contributed by atoms with van der Waals surface area (Å²) < 4.78 is 5.04. The van der Waals surface area contributed by atoms with Crippen LogP contribution in [0.3, 0.4) is 0 Å². The van der Waals surface area contributed by atoms with Gasteiger partial charge >= 0.3 is 0 Å². The zero-order valence-corrected chi connectivity index (χ0v) is 7.34. The molecule has 0 saturated carbocycles. The van der Waals surface area contributed by atoms with Crippen LogP contribution in [0.25, 0.3) is 0 Å². The van der Waals surface area contributed by atoms with E-state index in [4.69, 9.17) is 4.74 Å². The molecule has 0 aliphatic heterocycles. The van der Waals surface area contributed by atoms with Crippen LogP contribution in [0, 0.1) is 0 Å². The number of ether oxygens (including phenoxy) is 1. The van der Waals surface area contributed by atoms with E-state index in [0.717, 1.165) is 12.2 Å². The molecule has 0 aliphatic carbocycles. The molecule has 0 rings (SSSR count). The van der Waals surface area contributed by atoms with Crippen molar-refractivity contribution in [3.05, 3.63) is 36.6 Å². The van der Waals surface area contributed by atoms with Gasteiger partial charge in [-0.25, -0.2) is 0 Å². The second-order valence-electron chi connectivity index (χ2n) is 2.20. The van der Waals surface area contributed by atoms with Gasteiger partial charge in [0.15, 0.2) is 0 Å². The lowest BCUT2D eigenvalue weighted by atomic mass is 10.3. The third kappa shape index (κ3) is 5.46. The average molecular weight is 152 g/mol. The zero-order valence-electron chi connectivity index (χ0n) is 7.34. The number of rotatable bonds is 5. The molecule has 11 heavy (non-hydrogen) atoms. The Morgan fingerprint density at radius 2 is 2.27 bits per heavy atom. The Kier molecular flexibility index (Phi) is 6.50. The number of methoxy groups -OCH3 is 1. The van der Waals surface area contributed by atoms with Crippen LogP contribution in [0.5, 0.6) is 0 Å². The van der Waals surface area contributed by atoms with Crippen molar-refractivity contribution in [2.24, 2.45) is 0 Å². The molecular weight excluding hydrogens is 136 g/mol. The minimum atomic E-state index is 0.855. The predicted molar refractivity (Wildman–Crippen MR) is 49.3 cm³/mol. The Hall–Kier alpha value is -0.980. The maximum atomic E-state index is 5.04. The van der Waals surface area contributed by atoms with E-state index in [1.807, 2.05) is 12.2 Å². The van der Waals surface area contributed by atoms with Crippen molar-refractivity contribution in [3.63, 3.8) is 0 Å². The van der Waals surface area contributed by atoms with Gasteiger partial charge in [-0.3, -0.25) is 0 Å². The lowest BCUT2D eigenvalue weighted by Crippen LogP contribution is -1.79. The van der Waals surface area contributed by atoms with Crippen LogP contribution in [0.1, 0.15) is 19.8 Å². The maximum absolute atomic E-state index is 5.04. The topological polar surface area (TPSA) is 9.23 Å². The molecule has 1 nitrogen and oxygen atoms in total. The Balaban J connectivity index is 3.86. The molecule has 0 radical (unpaired) electrons. The van der Waals surface area contributed by atoms with Crippen LogP contribution in [-0.2, 0) is 4.74 Å². The Morgan fingerprint density at radius 1 is 1.55 bits per heavy atom. The van der Waals surface area contributed by atoms with Crippen LogP contribution < -0.4 is 0 Å². The molecule has 0 amide bonds. The standard InChI is InChI=1S/C10H16O/c1-4-6-7-9-10(11-3)8-5-2/h5,7-9H,2,4,6H2,1,3H3/b9-7-,10-8+. The zero-order chi connectivity index (χ0) is 8.53. The first-order valence-corrected chi connectivity index (χ1v) is 3.88. The number of unbranched alkanes of at least 4 members (excludes halogenated alkanes) is 1. The molecule has 0 N–H and O–H groups in total. The first kappa shape index (κ1) is 10.0. The largest absolute Gasteiger partial charge is 0.497 e. The molecule has 0 atom stereocenters. The van der Waals surface area contributed by atoms with Crippen molar-refractivity contribution >= 4 is 0 Å². The van der Waals surface area contributed by atoms with Crippen LogP contribution in [0.4, 0.5) is 0 Å². The van der Waals surface area contributed by atoms with Gasteiger partial charge in [-0.1, -0.05) is 32.1 Å². The summed E-state index contributed by atoms with van der Waals surface area (Å²) in [6.45, 7) is 5.73. The van der Waals surface area contributed by atoms with E-state index in [2.05, 4.69) is 19.6 Å². The number of allylic oxidation sites excluding steroid dienone is 4. The summed E-state index contributed by atoms with van der Waals surface area (Å²) in [6.07, 6.45) is 9.88. The Bertz CT molecular complexity index is 154. The first-order chi connectivity index (χ1) is 5.35. The van der Waals surface area contributed by atoms with Gasteiger partial charge in [-0.2, -0.15) is 0 Å². The lowest BCUT2D eigenvalue weighted by Gasteiger charge is -1.96. The van der Waals surface area contributed by atoms with Crippen molar-refractivity contribution in [1.82, 2.24) is 0 Å². The molecule has 0 aromatic heterocycles. The lowest BCUT2D eigenvalue weighted by molar-refractivity contribution is 0.307. The molecule has 0 fully saturated rings. The summed E-state index contributed by atoms with van der Waals surface area (Å²) >= 11 is 0. The molecule has 62 valence electrons. The maximum Gasteiger partial charge on any atom is 0.118 e. The molecule has 0 aliphatic rings. The Morgan fingerprint density at radius 3 is 2.73 bits per heavy atom. The van der Waals surface area contributed by atoms with E-state index >= 15 is 0 Å². The van der Waals surface area contributed by atoms with Crippen molar-refractivity contribution in [2.75, 3.05) is 7.11 Å². The molecule has 0 bridgehead atoms. The molecule has 0 aromatic carbocycles. The minimum Gasteiger partial charge on any atom is -0.497 e. The van der Waals surface area contributed by atoms with Gasteiger partial charge in [0.25, 0.3) is 0 Å². The van der Waals surface area contributed by atoms with Crippen LogP contribution in [0.2, 0.25) is 0 Å². The fourth-order valence-corrected chi connectivity index (χ4v) is 0.674. The van der Waals surface area contributed by atoms with E-state index in [0.29, 0.717) is 0 Å². The van der Waals surface area contributed by atoms with Gasteiger partial charge in [0.2, 0.25) is 0 Å².